The molecule has 0 aromatic rings. The van der Waals surface area contributed by atoms with Gasteiger partial charge in [-0.3, -0.25) is 4.79 Å². The Hall–Kier alpha value is -0.830. The van der Waals surface area contributed by atoms with E-state index in [2.05, 4.69) is 0 Å². The highest BCUT2D eigenvalue weighted by atomic mass is 16.5. The third-order valence-electron chi connectivity index (χ3n) is 1.91. The fourth-order valence-electron chi connectivity index (χ4n) is 1.25. The average Bonchev–Trinajstić information content (AvgIpc) is 2.04. The Morgan fingerprint density at radius 2 is 2.55 bits per heavy atom. The molecule has 0 saturated carbocycles. The molecule has 62 valence electrons. The number of carbonyl (C=O) groups is 1. The van der Waals surface area contributed by atoms with Crippen molar-refractivity contribution in [3.05, 3.63) is 11.8 Å². The van der Waals surface area contributed by atoms with Crippen molar-refractivity contribution in [3.8, 4) is 0 Å². The molecule has 1 rings (SSSR count). The molecule has 1 aliphatic rings. The van der Waals surface area contributed by atoms with Crippen LogP contribution in [0.3, 0.4) is 0 Å². The predicted molar refractivity (Wildman–Crippen MR) is 42.2 cm³/mol. The van der Waals surface area contributed by atoms with Gasteiger partial charge in [-0.1, -0.05) is 0 Å². The zero-order valence-corrected chi connectivity index (χ0v) is 6.91. The van der Waals surface area contributed by atoms with Crippen LogP contribution in [-0.2, 0) is 9.53 Å². The molecule has 0 aromatic heterocycles. The Kier molecular flexibility index (Phi) is 2.65. The van der Waals surface area contributed by atoms with Gasteiger partial charge in [0.15, 0.2) is 0 Å². The minimum Gasteiger partial charge on any atom is -0.380 e. The lowest BCUT2D eigenvalue weighted by Crippen LogP contribution is -2.29. The predicted octanol–water partition coefficient (Wildman–Crippen LogP) is 0.420. The van der Waals surface area contributed by atoms with Crippen molar-refractivity contribution in [2.24, 2.45) is 0 Å². The molecule has 1 atom stereocenters. The Morgan fingerprint density at radius 1 is 1.82 bits per heavy atom. The second-order valence-electron chi connectivity index (χ2n) is 2.74. The van der Waals surface area contributed by atoms with Crippen molar-refractivity contribution < 1.29 is 9.53 Å². The van der Waals surface area contributed by atoms with Crippen LogP contribution in [0.2, 0.25) is 0 Å². The number of aldehydes is 1. The SMILES string of the molecule is CO[C@H]1CCN(C)C=C1C=O. The monoisotopic (exact) mass is 155 g/mol. The van der Waals surface area contributed by atoms with E-state index >= 15 is 0 Å². The minimum absolute atomic E-state index is 0.00343. The molecule has 0 amide bonds. The number of nitrogens with zero attached hydrogens (tertiary/aromatic N) is 1. The van der Waals surface area contributed by atoms with Gasteiger partial charge in [0.05, 0.1) is 6.10 Å². The standard InChI is InChI=1S/C8H13NO2/c1-9-4-3-8(11-2)7(5-9)6-10/h5-6,8H,3-4H2,1-2H3/t8-/m0/s1. The summed E-state index contributed by atoms with van der Waals surface area (Å²) in [4.78, 5) is 12.5. The molecular formula is C8H13NO2. The Labute approximate surface area is 66.6 Å². The molecule has 11 heavy (non-hydrogen) atoms. The molecule has 0 spiro atoms. The van der Waals surface area contributed by atoms with Gasteiger partial charge >= 0.3 is 0 Å². The molecule has 0 aromatic carbocycles. The van der Waals surface area contributed by atoms with Gasteiger partial charge in [-0.05, 0) is 6.42 Å². The molecule has 0 radical (unpaired) electrons. The summed E-state index contributed by atoms with van der Waals surface area (Å²) >= 11 is 0. The zero-order valence-electron chi connectivity index (χ0n) is 6.91. The molecule has 0 aliphatic carbocycles. The lowest BCUT2D eigenvalue weighted by Gasteiger charge is -2.26. The van der Waals surface area contributed by atoms with Gasteiger partial charge < -0.3 is 9.64 Å². The van der Waals surface area contributed by atoms with Crippen molar-refractivity contribution in [2.45, 2.75) is 12.5 Å². The summed E-state index contributed by atoms with van der Waals surface area (Å²) in [5.41, 5.74) is 0.737. The van der Waals surface area contributed by atoms with Crippen LogP contribution in [0.5, 0.6) is 0 Å². The number of carbonyl (C=O) groups excluding carboxylic acids is 1. The fraction of sp³-hybridized carbons (Fsp3) is 0.625. The van der Waals surface area contributed by atoms with Crippen molar-refractivity contribution in [2.75, 3.05) is 20.7 Å². The largest absolute Gasteiger partial charge is 0.380 e. The maximum Gasteiger partial charge on any atom is 0.150 e. The van der Waals surface area contributed by atoms with Crippen molar-refractivity contribution in [3.63, 3.8) is 0 Å². The molecule has 0 saturated heterocycles. The zero-order chi connectivity index (χ0) is 8.27. The van der Waals surface area contributed by atoms with E-state index in [1.54, 1.807) is 7.11 Å². The molecule has 0 unspecified atom stereocenters. The Morgan fingerprint density at radius 3 is 3.09 bits per heavy atom. The van der Waals surface area contributed by atoms with E-state index in [-0.39, 0.29) is 6.10 Å². The van der Waals surface area contributed by atoms with Crippen LogP contribution in [-0.4, -0.2) is 38.0 Å². The number of ether oxygens (including phenoxy) is 1. The lowest BCUT2D eigenvalue weighted by molar-refractivity contribution is -0.106. The fourth-order valence-corrected chi connectivity index (χ4v) is 1.25. The topological polar surface area (TPSA) is 29.5 Å². The quantitative estimate of drug-likeness (QED) is 0.541. The number of rotatable bonds is 2. The van der Waals surface area contributed by atoms with E-state index in [0.29, 0.717) is 0 Å². The first-order valence-corrected chi connectivity index (χ1v) is 3.68. The van der Waals surface area contributed by atoms with Crippen molar-refractivity contribution >= 4 is 6.29 Å². The number of hydrogen-bond acceptors (Lipinski definition) is 3. The van der Waals surface area contributed by atoms with E-state index in [1.165, 1.54) is 0 Å². The summed E-state index contributed by atoms with van der Waals surface area (Å²) in [6, 6.07) is 0. The van der Waals surface area contributed by atoms with E-state index in [0.717, 1.165) is 24.8 Å². The molecule has 0 N–H and O–H groups in total. The Bertz CT molecular complexity index is 177. The van der Waals surface area contributed by atoms with Crippen LogP contribution in [0.1, 0.15) is 6.42 Å². The highest BCUT2D eigenvalue weighted by molar-refractivity contribution is 5.74. The first-order valence-electron chi connectivity index (χ1n) is 3.68. The summed E-state index contributed by atoms with van der Waals surface area (Å²) < 4.78 is 5.12. The van der Waals surface area contributed by atoms with Gasteiger partial charge in [-0.25, -0.2) is 0 Å². The maximum atomic E-state index is 10.5. The molecule has 3 nitrogen and oxygen atoms in total. The molecule has 0 bridgehead atoms. The minimum atomic E-state index is 0.00343. The van der Waals surface area contributed by atoms with Gasteiger partial charge in [-0.15, -0.1) is 0 Å². The van der Waals surface area contributed by atoms with Gasteiger partial charge in [-0.2, -0.15) is 0 Å². The maximum absolute atomic E-state index is 10.5. The summed E-state index contributed by atoms with van der Waals surface area (Å²) in [6.07, 6.45) is 3.61. The average molecular weight is 155 g/mol. The highest BCUT2D eigenvalue weighted by Gasteiger charge is 2.18. The Balaban J connectivity index is 2.70. The molecule has 1 aliphatic heterocycles. The van der Waals surface area contributed by atoms with E-state index in [4.69, 9.17) is 4.74 Å². The highest BCUT2D eigenvalue weighted by Crippen LogP contribution is 2.14. The van der Waals surface area contributed by atoms with Crippen molar-refractivity contribution in [1.82, 2.24) is 4.90 Å². The number of hydrogen-bond donors (Lipinski definition) is 0. The first-order chi connectivity index (χ1) is 5.27. The third kappa shape index (κ3) is 1.80. The third-order valence-corrected chi connectivity index (χ3v) is 1.91. The van der Waals surface area contributed by atoms with Gasteiger partial charge in [0.1, 0.15) is 6.29 Å². The van der Waals surface area contributed by atoms with E-state index in [9.17, 15) is 4.79 Å². The normalized spacial score (nSPS) is 24.7. The van der Waals surface area contributed by atoms with Crippen LogP contribution in [0.15, 0.2) is 11.8 Å². The van der Waals surface area contributed by atoms with Gasteiger partial charge in [0.25, 0.3) is 0 Å². The molecule has 0 fully saturated rings. The summed E-state index contributed by atoms with van der Waals surface area (Å²) in [5, 5.41) is 0. The van der Waals surface area contributed by atoms with Crippen LogP contribution in [0.25, 0.3) is 0 Å². The lowest BCUT2D eigenvalue weighted by atomic mass is 10.1. The summed E-state index contributed by atoms with van der Waals surface area (Å²) in [7, 11) is 3.59. The molecule has 1 heterocycles. The summed E-state index contributed by atoms with van der Waals surface area (Å²) in [5.74, 6) is 0. The summed E-state index contributed by atoms with van der Waals surface area (Å²) in [6.45, 7) is 0.954. The van der Waals surface area contributed by atoms with E-state index in [1.807, 2.05) is 18.1 Å². The van der Waals surface area contributed by atoms with Crippen LogP contribution in [0.4, 0.5) is 0 Å². The van der Waals surface area contributed by atoms with Crippen LogP contribution in [0, 0.1) is 0 Å². The van der Waals surface area contributed by atoms with Gasteiger partial charge in [0, 0.05) is 32.5 Å². The first kappa shape index (κ1) is 8.27. The van der Waals surface area contributed by atoms with Crippen LogP contribution >= 0.6 is 0 Å². The smallest absolute Gasteiger partial charge is 0.150 e. The molecular weight excluding hydrogens is 142 g/mol. The molecule has 3 heteroatoms. The van der Waals surface area contributed by atoms with Gasteiger partial charge in [0.2, 0.25) is 0 Å². The number of methoxy groups -OCH3 is 1. The van der Waals surface area contributed by atoms with Crippen molar-refractivity contribution in [1.29, 1.82) is 0 Å². The second-order valence-corrected chi connectivity index (χ2v) is 2.74. The van der Waals surface area contributed by atoms with Crippen LogP contribution < -0.4 is 0 Å². The van der Waals surface area contributed by atoms with E-state index < -0.39 is 0 Å². The second kappa shape index (κ2) is 3.53.